The van der Waals surface area contributed by atoms with Crippen molar-refractivity contribution in [2.75, 3.05) is 18.1 Å². The van der Waals surface area contributed by atoms with Crippen LogP contribution in [0.15, 0.2) is 15.8 Å². The van der Waals surface area contributed by atoms with Crippen LogP contribution in [0.25, 0.3) is 11.0 Å². The highest BCUT2D eigenvalue weighted by Crippen LogP contribution is 2.06. The lowest BCUT2D eigenvalue weighted by atomic mass is 10.4. The zero-order valence-corrected chi connectivity index (χ0v) is 11.4. The van der Waals surface area contributed by atoms with Crippen LogP contribution in [0.3, 0.4) is 0 Å². The van der Waals surface area contributed by atoms with Crippen molar-refractivity contribution in [3.8, 4) is 0 Å². The minimum atomic E-state index is -0.350. The van der Waals surface area contributed by atoms with E-state index in [1.807, 2.05) is 0 Å². The Labute approximate surface area is 113 Å². The number of hydrogen-bond donors (Lipinski definition) is 2. The number of aromatic nitrogens is 4. The molecular weight excluding hydrogens is 268 g/mol. The molecule has 0 amide bonds. The molecule has 0 atom stereocenters. The third-order valence-corrected chi connectivity index (χ3v) is 3.88. The molecule has 19 heavy (non-hydrogen) atoms. The zero-order chi connectivity index (χ0) is 13.8. The van der Waals surface area contributed by atoms with E-state index in [9.17, 15) is 9.59 Å². The lowest BCUT2D eigenvalue weighted by Gasteiger charge is -2.08. The summed E-state index contributed by atoms with van der Waals surface area (Å²) in [6.07, 6.45) is 2.29. The Kier molecular flexibility index (Phi) is 4.43. The molecule has 0 aliphatic carbocycles. The molecular formula is C11H16N4O3S. The van der Waals surface area contributed by atoms with Crippen LogP contribution >= 0.6 is 11.8 Å². The smallest absolute Gasteiger partial charge is 0.332 e. The normalized spacial score (nSPS) is 11.3. The number of nitrogens with zero attached hydrogens (tertiary/aromatic N) is 3. The van der Waals surface area contributed by atoms with Crippen molar-refractivity contribution in [2.45, 2.75) is 13.0 Å². The highest BCUT2D eigenvalue weighted by molar-refractivity contribution is 7.99. The number of hydrogen-bond acceptors (Lipinski definition) is 5. The van der Waals surface area contributed by atoms with Crippen molar-refractivity contribution in [1.29, 1.82) is 0 Å². The maximum Gasteiger partial charge on any atom is 0.332 e. The summed E-state index contributed by atoms with van der Waals surface area (Å²) in [5.74, 6) is 1.54. The summed E-state index contributed by atoms with van der Waals surface area (Å²) in [7, 11) is 1.47. The van der Waals surface area contributed by atoms with Gasteiger partial charge in [0, 0.05) is 25.5 Å². The third-order valence-electron chi connectivity index (χ3n) is 2.83. The summed E-state index contributed by atoms with van der Waals surface area (Å²) in [6.45, 7) is 0.667. The Morgan fingerprint density at radius 3 is 2.95 bits per heavy atom. The first-order valence-corrected chi connectivity index (χ1v) is 7.14. The third kappa shape index (κ3) is 2.74. The zero-order valence-electron chi connectivity index (χ0n) is 10.6. The number of fused-ring (bicyclic) bond motifs is 1. The second-order valence-electron chi connectivity index (χ2n) is 4.11. The lowest BCUT2D eigenvalue weighted by molar-refractivity contribution is 0.322. The minimum Gasteiger partial charge on any atom is -0.396 e. The van der Waals surface area contributed by atoms with Gasteiger partial charge in [-0.25, -0.2) is 4.79 Å². The van der Waals surface area contributed by atoms with E-state index < -0.39 is 0 Å². The summed E-state index contributed by atoms with van der Waals surface area (Å²) in [5.41, 5.74) is -0.281. The van der Waals surface area contributed by atoms with Gasteiger partial charge < -0.3 is 5.11 Å². The second kappa shape index (κ2) is 6.07. The number of nitrogens with one attached hydrogen (secondary N) is 1. The molecule has 7 nitrogen and oxygen atoms in total. The van der Waals surface area contributed by atoms with E-state index in [0.29, 0.717) is 23.3 Å². The summed E-state index contributed by atoms with van der Waals surface area (Å²) >= 11 is 1.63. The molecule has 2 rings (SSSR count). The molecule has 0 aromatic carbocycles. The lowest BCUT2D eigenvalue weighted by Crippen LogP contribution is -2.38. The molecule has 0 unspecified atom stereocenters. The van der Waals surface area contributed by atoms with Crippen LogP contribution < -0.4 is 11.2 Å². The fraction of sp³-hybridized carbons (Fsp3) is 0.545. The van der Waals surface area contributed by atoms with Crippen LogP contribution in [0.2, 0.25) is 0 Å². The highest BCUT2D eigenvalue weighted by atomic mass is 32.2. The number of aliphatic hydroxyl groups excluding tert-OH is 1. The van der Waals surface area contributed by atoms with Crippen LogP contribution in [0, 0.1) is 0 Å². The molecule has 0 bridgehead atoms. The van der Waals surface area contributed by atoms with E-state index in [1.165, 1.54) is 17.8 Å². The van der Waals surface area contributed by atoms with Crippen LogP contribution in [0.1, 0.15) is 6.42 Å². The molecule has 0 radical (unpaired) electrons. The Hall–Kier alpha value is -1.54. The second-order valence-corrected chi connectivity index (χ2v) is 5.34. The van der Waals surface area contributed by atoms with E-state index in [0.717, 1.165) is 16.7 Å². The van der Waals surface area contributed by atoms with Gasteiger partial charge in [-0.1, -0.05) is 0 Å². The van der Waals surface area contributed by atoms with Gasteiger partial charge in [0.2, 0.25) is 0 Å². The number of rotatable bonds is 6. The van der Waals surface area contributed by atoms with E-state index >= 15 is 0 Å². The van der Waals surface area contributed by atoms with Gasteiger partial charge in [-0.2, -0.15) is 16.9 Å². The molecule has 2 aromatic heterocycles. The van der Waals surface area contributed by atoms with Crippen LogP contribution in [-0.4, -0.2) is 42.6 Å². The number of aryl methyl sites for hydroxylation is 1. The van der Waals surface area contributed by atoms with Gasteiger partial charge in [-0.15, -0.1) is 0 Å². The number of thioether (sulfide) groups is 1. The first-order chi connectivity index (χ1) is 9.16. The number of aromatic amines is 1. The van der Waals surface area contributed by atoms with Gasteiger partial charge in [0.15, 0.2) is 5.65 Å². The molecule has 0 saturated carbocycles. The molecule has 0 saturated heterocycles. The summed E-state index contributed by atoms with van der Waals surface area (Å²) in [6, 6.07) is 0. The van der Waals surface area contributed by atoms with Gasteiger partial charge in [0.1, 0.15) is 5.39 Å². The molecule has 0 aliphatic heterocycles. The van der Waals surface area contributed by atoms with Gasteiger partial charge in [-0.3, -0.25) is 19.0 Å². The maximum atomic E-state index is 12.0. The molecule has 0 spiro atoms. The standard InChI is InChI=1S/C11H16N4O3S/c1-14-10(17)8-7-12-13-9(8)15(11(14)18)3-2-5-19-6-4-16/h7,16H,2-6H2,1H3,(H,12,13). The van der Waals surface area contributed by atoms with E-state index in [4.69, 9.17) is 5.11 Å². The average molecular weight is 284 g/mol. The summed E-state index contributed by atoms with van der Waals surface area (Å²) < 4.78 is 2.60. The molecule has 8 heteroatoms. The van der Waals surface area contributed by atoms with Crippen molar-refractivity contribution < 1.29 is 5.11 Å². The highest BCUT2D eigenvalue weighted by Gasteiger charge is 2.12. The van der Waals surface area contributed by atoms with Crippen molar-refractivity contribution >= 4 is 22.8 Å². The van der Waals surface area contributed by atoms with Crippen molar-refractivity contribution in [2.24, 2.45) is 7.05 Å². The SMILES string of the molecule is Cn1c(=O)c2c[nH]nc2n(CCCSCCO)c1=O. The molecule has 2 aromatic rings. The number of aliphatic hydroxyl groups is 1. The van der Waals surface area contributed by atoms with E-state index in [1.54, 1.807) is 11.8 Å². The quantitative estimate of drug-likeness (QED) is 0.700. The van der Waals surface area contributed by atoms with Crippen molar-refractivity contribution in [1.82, 2.24) is 19.3 Å². The molecule has 104 valence electrons. The molecule has 2 N–H and O–H groups in total. The van der Waals surface area contributed by atoms with Crippen LogP contribution in [0.5, 0.6) is 0 Å². The number of H-pyrrole nitrogens is 1. The van der Waals surface area contributed by atoms with Crippen LogP contribution in [-0.2, 0) is 13.6 Å². The Morgan fingerprint density at radius 2 is 2.21 bits per heavy atom. The van der Waals surface area contributed by atoms with Gasteiger partial charge in [-0.05, 0) is 12.2 Å². The van der Waals surface area contributed by atoms with Gasteiger partial charge in [0.25, 0.3) is 5.56 Å². The Balaban J connectivity index is 2.25. The van der Waals surface area contributed by atoms with Gasteiger partial charge >= 0.3 is 5.69 Å². The maximum absolute atomic E-state index is 12.0. The van der Waals surface area contributed by atoms with Gasteiger partial charge in [0.05, 0.1) is 6.61 Å². The Bertz CT molecular complexity index is 673. The van der Waals surface area contributed by atoms with E-state index in [2.05, 4.69) is 10.2 Å². The largest absolute Gasteiger partial charge is 0.396 e. The monoisotopic (exact) mass is 284 g/mol. The fourth-order valence-electron chi connectivity index (χ4n) is 1.88. The molecule has 2 heterocycles. The van der Waals surface area contributed by atoms with E-state index in [-0.39, 0.29) is 17.9 Å². The molecule has 0 aliphatic rings. The minimum absolute atomic E-state index is 0.161. The van der Waals surface area contributed by atoms with Crippen molar-refractivity contribution in [3.63, 3.8) is 0 Å². The summed E-state index contributed by atoms with van der Waals surface area (Å²) in [5, 5.41) is 15.7. The Morgan fingerprint density at radius 1 is 1.42 bits per heavy atom. The first-order valence-electron chi connectivity index (χ1n) is 5.98. The fourth-order valence-corrected chi connectivity index (χ4v) is 2.54. The molecule has 0 fully saturated rings. The average Bonchev–Trinajstić information content (AvgIpc) is 2.88. The van der Waals surface area contributed by atoms with Crippen LogP contribution in [0.4, 0.5) is 0 Å². The summed E-state index contributed by atoms with van der Waals surface area (Å²) in [4.78, 5) is 23.9. The van der Waals surface area contributed by atoms with Crippen molar-refractivity contribution in [3.05, 3.63) is 27.0 Å². The predicted octanol–water partition coefficient (Wildman–Crippen LogP) is -0.461. The first kappa shape index (κ1) is 13.9. The predicted molar refractivity (Wildman–Crippen MR) is 74.6 cm³/mol. The topological polar surface area (TPSA) is 92.9 Å².